The van der Waals surface area contributed by atoms with Crippen molar-refractivity contribution in [1.82, 2.24) is 15.5 Å². The van der Waals surface area contributed by atoms with Crippen molar-refractivity contribution < 1.29 is 14.7 Å². The number of carboxylic acid groups (broad SMARTS) is 1. The molecule has 1 atom stereocenters. The van der Waals surface area contributed by atoms with E-state index in [0.29, 0.717) is 12.1 Å². The summed E-state index contributed by atoms with van der Waals surface area (Å²) in [4.78, 5) is 21.9. The van der Waals surface area contributed by atoms with Crippen molar-refractivity contribution in [2.24, 2.45) is 5.92 Å². The molecule has 0 radical (unpaired) electrons. The van der Waals surface area contributed by atoms with E-state index in [9.17, 15) is 9.59 Å². The van der Waals surface area contributed by atoms with Gasteiger partial charge in [-0.15, -0.1) is 0 Å². The second kappa shape index (κ2) is 5.79. The van der Waals surface area contributed by atoms with Gasteiger partial charge in [0.15, 0.2) is 0 Å². The normalized spacial score (nSPS) is 11.8. The Labute approximate surface area is 92.7 Å². The van der Waals surface area contributed by atoms with Crippen LogP contribution in [0, 0.1) is 5.92 Å². The number of carbonyl (C=O) groups is 2. The molecule has 16 heavy (non-hydrogen) atoms. The molecule has 0 aliphatic carbocycles. The molecule has 6 nitrogen and oxygen atoms in total. The number of nitrogens with zero attached hydrogens (tertiary/aromatic N) is 2. The van der Waals surface area contributed by atoms with Crippen molar-refractivity contribution in [2.45, 2.75) is 13.3 Å². The van der Waals surface area contributed by atoms with Crippen LogP contribution < -0.4 is 5.32 Å². The standard InChI is InChI=1S/C10H13N3O3/c1-7(4-9(14)15)5-11-10(16)8-2-3-12-13-6-8/h2-3,6-7H,4-5H2,1H3,(H,11,16)(H,14,15). The second-order valence-electron chi connectivity index (χ2n) is 3.54. The van der Waals surface area contributed by atoms with Gasteiger partial charge in [0.05, 0.1) is 18.0 Å². The molecule has 1 rings (SSSR count). The molecule has 6 heteroatoms. The molecule has 0 saturated carbocycles. The number of rotatable bonds is 5. The molecule has 1 amide bonds. The third-order valence-corrected chi connectivity index (χ3v) is 1.98. The molecule has 0 aromatic carbocycles. The number of aliphatic carboxylic acids is 1. The Kier molecular flexibility index (Phi) is 4.38. The number of aromatic nitrogens is 2. The van der Waals surface area contributed by atoms with Gasteiger partial charge in [0.2, 0.25) is 0 Å². The highest BCUT2D eigenvalue weighted by Crippen LogP contribution is 2.00. The van der Waals surface area contributed by atoms with Crippen LogP contribution in [0.3, 0.4) is 0 Å². The molecule has 0 bridgehead atoms. The zero-order valence-corrected chi connectivity index (χ0v) is 8.88. The lowest BCUT2D eigenvalue weighted by Crippen LogP contribution is -2.29. The second-order valence-corrected chi connectivity index (χ2v) is 3.54. The maximum absolute atomic E-state index is 11.5. The van der Waals surface area contributed by atoms with Crippen molar-refractivity contribution in [2.75, 3.05) is 6.54 Å². The zero-order chi connectivity index (χ0) is 12.0. The molecule has 1 aromatic heterocycles. The largest absolute Gasteiger partial charge is 0.481 e. The SMILES string of the molecule is CC(CNC(=O)c1ccnnc1)CC(=O)O. The van der Waals surface area contributed by atoms with Crippen LogP contribution in [0.4, 0.5) is 0 Å². The van der Waals surface area contributed by atoms with E-state index in [2.05, 4.69) is 15.5 Å². The fraction of sp³-hybridized carbons (Fsp3) is 0.400. The van der Waals surface area contributed by atoms with E-state index in [1.807, 2.05) is 0 Å². The van der Waals surface area contributed by atoms with Crippen LogP contribution in [-0.2, 0) is 4.79 Å². The molecule has 1 unspecified atom stereocenters. The molecule has 0 aliphatic heterocycles. The molecule has 1 aromatic rings. The quantitative estimate of drug-likeness (QED) is 0.749. The van der Waals surface area contributed by atoms with Crippen molar-refractivity contribution in [3.63, 3.8) is 0 Å². The van der Waals surface area contributed by atoms with Gasteiger partial charge in [-0.1, -0.05) is 6.92 Å². The smallest absolute Gasteiger partial charge is 0.303 e. The first kappa shape index (κ1) is 12.1. The Bertz CT molecular complexity index is 367. The van der Waals surface area contributed by atoms with Gasteiger partial charge in [0.1, 0.15) is 0 Å². The predicted octanol–water partition coefficient (Wildman–Crippen LogP) is 0.317. The average molecular weight is 223 g/mol. The van der Waals surface area contributed by atoms with Crippen LogP contribution in [0.1, 0.15) is 23.7 Å². The molecule has 0 spiro atoms. The monoisotopic (exact) mass is 223 g/mol. The molecular formula is C10H13N3O3. The van der Waals surface area contributed by atoms with Gasteiger partial charge in [-0.3, -0.25) is 9.59 Å². The Morgan fingerprint density at radius 3 is 2.81 bits per heavy atom. The highest BCUT2D eigenvalue weighted by molar-refractivity contribution is 5.93. The number of carboxylic acids is 1. The van der Waals surface area contributed by atoms with Crippen LogP contribution in [-0.4, -0.2) is 33.7 Å². The molecule has 0 saturated heterocycles. The highest BCUT2D eigenvalue weighted by Gasteiger charge is 2.10. The number of amides is 1. The summed E-state index contributed by atoms with van der Waals surface area (Å²) in [7, 11) is 0. The third kappa shape index (κ3) is 4.04. The summed E-state index contributed by atoms with van der Waals surface area (Å²) < 4.78 is 0. The van der Waals surface area contributed by atoms with Crippen LogP contribution in [0.5, 0.6) is 0 Å². The van der Waals surface area contributed by atoms with Gasteiger partial charge in [-0.05, 0) is 12.0 Å². The lowest BCUT2D eigenvalue weighted by Gasteiger charge is -2.09. The lowest BCUT2D eigenvalue weighted by molar-refractivity contribution is -0.137. The Morgan fingerprint density at radius 2 is 2.25 bits per heavy atom. The number of nitrogens with one attached hydrogen (secondary N) is 1. The maximum Gasteiger partial charge on any atom is 0.303 e. The molecular weight excluding hydrogens is 210 g/mol. The number of carbonyl (C=O) groups excluding carboxylic acids is 1. The minimum Gasteiger partial charge on any atom is -0.481 e. The van der Waals surface area contributed by atoms with Gasteiger partial charge in [-0.2, -0.15) is 10.2 Å². The first-order valence-corrected chi connectivity index (χ1v) is 4.86. The van der Waals surface area contributed by atoms with E-state index in [4.69, 9.17) is 5.11 Å². The van der Waals surface area contributed by atoms with Gasteiger partial charge >= 0.3 is 5.97 Å². The van der Waals surface area contributed by atoms with Gasteiger partial charge in [0, 0.05) is 13.0 Å². The van der Waals surface area contributed by atoms with Crippen molar-refractivity contribution in [3.05, 3.63) is 24.0 Å². The molecule has 86 valence electrons. The topological polar surface area (TPSA) is 92.2 Å². The Hall–Kier alpha value is -1.98. The van der Waals surface area contributed by atoms with E-state index in [-0.39, 0.29) is 18.2 Å². The third-order valence-electron chi connectivity index (χ3n) is 1.98. The first-order chi connectivity index (χ1) is 7.59. The van der Waals surface area contributed by atoms with E-state index in [0.717, 1.165) is 0 Å². The van der Waals surface area contributed by atoms with Crippen LogP contribution in [0.25, 0.3) is 0 Å². The summed E-state index contributed by atoms with van der Waals surface area (Å²) in [6, 6.07) is 1.55. The van der Waals surface area contributed by atoms with Crippen LogP contribution >= 0.6 is 0 Å². The van der Waals surface area contributed by atoms with E-state index >= 15 is 0 Å². The predicted molar refractivity (Wildman–Crippen MR) is 55.8 cm³/mol. The van der Waals surface area contributed by atoms with Crippen molar-refractivity contribution >= 4 is 11.9 Å². The summed E-state index contributed by atoms with van der Waals surface area (Å²) in [5.74, 6) is -1.24. The van der Waals surface area contributed by atoms with Gasteiger partial charge < -0.3 is 10.4 Å². The van der Waals surface area contributed by atoms with E-state index in [1.165, 1.54) is 12.4 Å². The van der Waals surface area contributed by atoms with Crippen molar-refractivity contribution in [3.8, 4) is 0 Å². The Morgan fingerprint density at radius 1 is 1.50 bits per heavy atom. The number of hydrogen-bond donors (Lipinski definition) is 2. The summed E-state index contributed by atoms with van der Waals surface area (Å²) in [6.07, 6.45) is 2.82. The maximum atomic E-state index is 11.5. The summed E-state index contributed by atoms with van der Waals surface area (Å²) in [5, 5.41) is 18.3. The molecule has 0 fully saturated rings. The van der Waals surface area contributed by atoms with Gasteiger partial charge in [0.25, 0.3) is 5.91 Å². The van der Waals surface area contributed by atoms with Crippen LogP contribution in [0.15, 0.2) is 18.5 Å². The zero-order valence-electron chi connectivity index (χ0n) is 8.88. The summed E-state index contributed by atoms with van der Waals surface area (Å²) >= 11 is 0. The van der Waals surface area contributed by atoms with E-state index in [1.54, 1.807) is 13.0 Å². The highest BCUT2D eigenvalue weighted by atomic mass is 16.4. The molecule has 1 heterocycles. The fourth-order valence-electron chi connectivity index (χ4n) is 1.16. The average Bonchev–Trinajstić information content (AvgIpc) is 2.26. The summed E-state index contributed by atoms with van der Waals surface area (Å²) in [6.45, 7) is 2.09. The molecule has 0 aliphatic rings. The van der Waals surface area contributed by atoms with Crippen molar-refractivity contribution in [1.29, 1.82) is 0 Å². The summed E-state index contributed by atoms with van der Waals surface area (Å²) in [5.41, 5.74) is 0.414. The minimum atomic E-state index is -0.868. The van der Waals surface area contributed by atoms with Gasteiger partial charge in [-0.25, -0.2) is 0 Å². The van der Waals surface area contributed by atoms with Crippen LogP contribution in [0.2, 0.25) is 0 Å². The minimum absolute atomic E-state index is 0.0366. The Balaban J connectivity index is 2.39. The number of hydrogen-bond acceptors (Lipinski definition) is 4. The molecule has 2 N–H and O–H groups in total. The fourth-order valence-corrected chi connectivity index (χ4v) is 1.16. The lowest BCUT2D eigenvalue weighted by atomic mass is 10.1. The van der Waals surface area contributed by atoms with E-state index < -0.39 is 5.97 Å². The first-order valence-electron chi connectivity index (χ1n) is 4.86.